The van der Waals surface area contributed by atoms with Crippen LogP contribution in [0.25, 0.3) is 10.9 Å². The summed E-state index contributed by atoms with van der Waals surface area (Å²) in [6.07, 6.45) is 1.23. The number of carbonyl (C=O) groups is 1. The van der Waals surface area contributed by atoms with Crippen molar-refractivity contribution in [2.75, 3.05) is 11.9 Å². The summed E-state index contributed by atoms with van der Waals surface area (Å²) in [6.45, 7) is 3.10. The van der Waals surface area contributed by atoms with Crippen molar-refractivity contribution >= 4 is 66.3 Å². The van der Waals surface area contributed by atoms with Gasteiger partial charge in [0.15, 0.2) is 6.61 Å². The first-order valence-electron chi connectivity index (χ1n) is 11.5. The zero-order chi connectivity index (χ0) is 28.3. The number of amides is 1. The zero-order valence-electron chi connectivity index (χ0n) is 20.5. The molecule has 0 unspecified atom stereocenters. The summed E-state index contributed by atoms with van der Waals surface area (Å²) in [5.74, 6) is -1.24. The highest BCUT2D eigenvalue weighted by molar-refractivity contribution is 9.10. The molecular formula is C26H20Br2FN5O5. The normalized spacial score (nSPS) is 11.3. The molecule has 1 amide bonds. The smallest absolute Gasteiger partial charge is 0.312 e. The van der Waals surface area contributed by atoms with Gasteiger partial charge in [0.1, 0.15) is 11.6 Å². The summed E-state index contributed by atoms with van der Waals surface area (Å²) in [5, 5.41) is 18.9. The van der Waals surface area contributed by atoms with Crippen molar-refractivity contribution in [3.05, 3.63) is 101 Å². The van der Waals surface area contributed by atoms with Crippen LogP contribution >= 0.6 is 31.9 Å². The summed E-state index contributed by atoms with van der Waals surface area (Å²) in [5.41, 5.74) is -0.0221. The van der Waals surface area contributed by atoms with Gasteiger partial charge in [0, 0.05) is 32.2 Å². The third kappa shape index (κ3) is 6.55. The van der Waals surface area contributed by atoms with E-state index >= 15 is 0 Å². The Morgan fingerprint density at radius 2 is 1.97 bits per heavy atom. The standard InChI is InChI=1S/C26H20Br2FN5O5/c1-14(2)25-32-21-7-6-16(27)9-20(21)26(36)33(25)30-12-15-8-17(28)10-22(34(37)38)24(15)39-13-23(35)31-19-5-3-4-18(29)11-19/h3-12,14H,13H2,1-2H3,(H,31,35). The van der Waals surface area contributed by atoms with E-state index in [4.69, 9.17) is 4.74 Å². The molecule has 0 spiro atoms. The minimum Gasteiger partial charge on any atom is -0.476 e. The van der Waals surface area contributed by atoms with E-state index in [9.17, 15) is 24.1 Å². The number of hydrogen-bond acceptors (Lipinski definition) is 7. The molecular weight excluding hydrogens is 641 g/mol. The second-order valence-electron chi connectivity index (χ2n) is 8.60. The molecule has 200 valence electrons. The number of aromatic nitrogens is 2. The molecule has 0 radical (unpaired) electrons. The predicted octanol–water partition coefficient (Wildman–Crippen LogP) is 5.99. The summed E-state index contributed by atoms with van der Waals surface area (Å²) in [4.78, 5) is 41.5. The fourth-order valence-electron chi connectivity index (χ4n) is 3.66. The third-order valence-electron chi connectivity index (χ3n) is 5.38. The van der Waals surface area contributed by atoms with Gasteiger partial charge in [-0.05, 0) is 42.5 Å². The van der Waals surface area contributed by atoms with Gasteiger partial charge in [-0.15, -0.1) is 0 Å². The van der Waals surface area contributed by atoms with Gasteiger partial charge in [0.25, 0.3) is 11.5 Å². The second kappa shape index (κ2) is 11.8. The lowest BCUT2D eigenvalue weighted by Crippen LogP contribution is -2.23. The zero-order valence-corrected chi connectivity index (χ0v) is 23.7. The highest BCUT2D eigenvalue weighted by Gasteiger charge is 2.22. The molecule has 0 aliphatic rings. The lowest BCUT2D eigenvalue weighted by Gasteiger charge is -2.13. The van der Waals surface area contributed by atoms with Crippen LogP contribution in [-0.2, 0) is 4.79 Å². The number of carbonyl (C=O) groups excluding carboxylic acids is 1. The van der Waals surface area contributed by atoms with Crippen molar-refractivity contribution in [3.63, 3.8) is 0 Å². The van der Waals surface area contributed by atoms with Crippen molar-refractivity contribution in [3.8, 4) is 5.75 Å². The Hall–Kier alpha value is -3.97. The van der Waals surface area contributed by atoms with Crippen molar-refractivity contribution in [2.45, 2.75) is 19.8 Å². The van der Waals surface area contributed by atoms with E-state index in [1.54, 1.807) is 18.2 Å². The number of nitrogens with zero attached hydrogens (tertiary/aromatic N) is 4. The first-order valence-corrected chi connectivity index (χ1v) is 13.0. The van der Waals surface area contributed by atoms with E-state index < -0.39 is 34.5 Å². The summed E-state index contributed by atoms with van der Waals surface area (Å²) in [6, 6.07) is 13.1. The van der Waals surface area contributed by atoms with E-state index in [0.717, 1.165) is 10.7 Å². The first kappa shape index (κ1) is 28.0. The molecule has 0 aliphatic heterocycles. The second-order valence-corrected chi connectivity index (χ2v) is 10.4. The Balaban J connectivity index is 1.73. The number of hydrogen-bond donors (Lipinski definition) is 1. The average Bonchev–Trinajstić information content (AvgIpc) is 2.87. The number of rotatable bonds is 8. The predicted molar refractivity (Wildman–Crippen MR) is 152 cm³/mol. The Kier molecular flexibility index (Phi) is 8.51. The maximum absolute atomic E-state index is 13.4. The van der Waals surface area contributed by atoms with E-state index in [1.807, 2.05) is 13.8 Å². The molecule has 0 saturated carbocycles. The molecule has 0 atom stereocenters. The largest absolute Gasteiger partial charge is 0.476 e. The van der Waals surface area contributed by atoms with Gasteiger partial charge >= 0.3 is 5.69 Å². The molecule has 1 aromatic heterocycles. The molecule has 0 saturated heterocycles. The lowest BCUT2D eigenvalue weighted by atomic mass is 10.1. The van der Waals surface area contributed by atoms with Gasteiger partial charge in [0.2, 0.25) is 5.75 Å². The minimum atomic E-state index is -0.664. The molecule has 0 aliphatic carbocycles. The lowest BCUT2D eigenvalue weighted by molar-refractivity contribution is -0.385. The van der Waals surface area contributed by atoms with Crippen LogP contribution < -0.4 is 15.6 Å². The first-order chi connectivity index (χ1) is 18.5. The molecule has 1 N–H and O–H groups in total. The minimum absolute atomic E-state index is 0.130. The molecule has 3 aromatic carbocycles. The molecule has 39 heavy (non-hydrogen) atoms. The van der Waals surface area contributed by atoms with Crippen LogP contribution in [0.3, 0.4) is 0 Å². The molecule has 4 rings (SSSR count). The molecule has 10 nitrogen and oxygen atoms in total. The molecule has 0 bridgehead atoms. The average molecular weight is 661 g/mol. The number of nitro benzene ring substituents is 1. The number of anilines is 1. The summed E-state index contributed by atoms with van der Waals surface area (Å²) in [7, 11) is 0. The van der Waals surface area contributed by atoms with Gasteiger partial charge in [-0.2, -0.15) is 9.78 Å². The molecule has 4 aromatic rings. The monoisotopic (exact) mass is 659 g/mol. The SMILES string of the molecule is CC(C)c1nc2ccc(Br)cc2c(=O)n1N=Cc1cc(Br)cc([N+](=O)[O-])c1OCC(=O)Nc1cccc(F)c1. The number of benzene rings is 3. The Morgan fingerprint density at radius 1 is 1.21 bits per heavy atom. The quantitative estimate of drug-likeness (QED) is 0.140. The Morgan fingerprint density at radius 3 is 2.67 bits per heavy atom. The van der Waals surface area contributed by atoms with Gasteiger partial charge in [0.05, 0.1) is 22.0 Å². The highest BCUT2D eigenvalue weighted by Crippen LogP contribution is 2.34. The van der Waals surface area contributed by atoms with Crippen LogP contribution in [0.5, 0.6) is 5.75 Å². The number of halogens is 3. The van der Waals surface area contributed by atoms with Gasteiger partial charge in [-0.1, -0.05) is 51.8 Å². The van der Waals surface area contributed by atoms with Gasteiger partial charge in [-0.3, -0.25) is 19.7 Å². The Bertz CT molecular complexity index is 1690. The van der Waals surface area contributed by atoms with Crippen molar-refractivity contribution in [1.82, 2.24) is 9.66 Å². The topological polar surface area (TPSA) is 129 Å². The van der Waals surface area contributed by atoms with Crippen LogP contribution in [0.4, 0.5) is 15.8 Å². The van der Waals surface area contributed by atoms with E-state index in [0.29, 0.717) is 25.7 Å². The summed E-state index contributed by atoms with van der Waals surface area (Å²) >= 11 is 6.60. The van der Waals surface area contributed by atoms with Crippen LogP contribution in [0.2, 0.25) is 0 Å². The molecule has 1 heterocycles. The van der Waals surface area contributed by atoms with Crippen molar-refractivity contribution in [1.29, 1.82) is 0 Å². The fraction of sp³-hybridized carbons (Fsp3) is 0.154. The van der Waals surface area contributed by atoms with Crippen LogP contribution in [0.1, 0.15) is 31.2 Å². The Labute approximate surface area is 237 Å². The summed E-state index contributed by atoms with van der Waals surface area (Å²) < 4.78 is 21.2. The van der Waals surface area contributed by atoms with Crippen molar-refractivity contribution < 1.29 is 18.8 Å². The maximum atomic E-state index is 13.4. The van der Waals surface area contributed by atoms with Gasteiger partial charge in [-0.25, -0.2) is 9.37 Å². The van der Waals surface area contributed by atoms with E-state index in [1.165, 1.54) is 36.5 Å². The van der Waals surface area contributed by atoms with Crippen molar-refractivity contribution in [2.24, 2.45) is 5.10 Å². The number of ether oxygens (including phenoxy) is 1. The van der Waals surface area contributed by atoms with Crippen LogP contribution in [0.15, 0.2) is 73.4 Å². The maximum Gasteiger partial charge on any atom is 0.312 e. The van der Waals surface area contributed by atoms with Crippen LogP contribution in [-0.4, -0.2) is 33.3 Å². The fourth-order valence-corrected chi connectivity index (χ4v) is 4.49. The number of fused-ring (bicyclic) bond motifs is 1. The highest BCUT2D eigenvalue weighted by atomic mass is 79.9. The van der Waals surface area contributed by atoms with E-state index in [2.05, 4.69) is 47.3 Å². The number of nitro groups is 1. The van der Waals surface area contributed by atoms with Gasteiger partial charge < -0.3 is 10.1 Å². The number of nitrogens with one attached hydrogen (secondary N) is 1. The molecule has 13 heteroatoms. The molecule has 0 fully saturated rings. The third-order valence-corrected chi connectivity index (χ3v) is 6.33. The van der Waals surface area contributed by atoms with Crippen LogP contribution in [0, 0.1) is 15.9 Å². The van der Waals surface area contributed by atoms with E-state index in [-0.39, 0.29) is 22.9 Å².